The second kappa shape index (κ2) is 7.07. The maximum atomic E-state index is 13.1. The van der Waals surface area contributed by atoms with Gasteiger partial charge in [-0.1, -0.05) is 36.4 Å². The first-order valence-corrected chi connectivity index (χ1v) is 10.3. The summed E-state index contributed by atoms with van der Waals surface area (Å²) >= 11 is 0. The lowest BCUT2D eigenvalue weighted by Crippen LogP contribution is -2.18. The number of carbonyl (C=O) groups is 1. The molecule has 0 bridgehead atoms. The Hall–Kier alpha value is -3.08. The van der Waals surface area contributed by atoms with Gasteiger partial charge in [-0.15, -0.1) is 0 Å². The number of nitrogens with one attached hydrogen (secondary N) is 1. The summed E-state index contributed by atoms with van der Waals surface area (Å²) < 4.78 is 7.37. The van der Waals surface area contributed by atoms with Crippen molar-refractivity contribution >= 4 is 11.7 Å². The number of para-hydroxylation sites is 2. The number of anilines is 1. The molecule has 29 heavy (non-hydrogen) atoms. The zero-order valence-corrected chi connectivity index (χ0v) is 16.8. The van der Waals surface area contributed by atoms with Crippen molar-refractivity contribution < 1.29 is 9.53 Å². The van der Waals surface area contributed by atoms with Crippen LogP contribution in [0.15, 0.2) is 54.6 Å². The number of benzene rings is 2. The Morgan fingerprint density at radius 1 is 1.10 bits per heavy atom. The second-order valence-electron chi connectivity index (χ2n) is 8.06. The molecule has 1 N–H and O–H groups in total. The van der Waals surface area contributed by atoms with E-state index in [1.54, 1.807) is 7.11 Å². The average molecular weight is 387 g/mol. The molecule has 1 heterocycles. The highest BCUT2D eigenvalue weighted by atomic mass is 16.5. The van der Waals surface area contributed by atoms with Gasteiger partial charge in [0.2, 0.25) is 5.91 Å². The van der Waals surface area contributed by atoms with Crippen molar-refractivity contribution in [2.24, 2.45) is 5.92 Å². The Bertz CT molecular complexity index is 1050. The van der Waals surface area contributed by atoms with Gasteiger partial charge in [-0.2, -0.15) is 5.10 Å². The molecule has 2 aliphatic carbocycles. The van der Waals surface area contributed by atoms with Crippen LogP contribution in [0.2, 0.25) is 0 Å². The molecule has 0 aliphatic heterocycles. The third kappa shape index (κ3) is 3.31. The number of ether oxygens (including phenoxy) is 1. The molecule has 0 unspecified atom stereocenters. The first-order chi connectivity index (χ1) is 14.2. The van der Waals surface area contributed by atoms with Gasteiger partial charge >= 0.3 is 0 Å². The van der Waals surface area contributed by atoms with Crippen LogP contribution in [-0.4, -0.2) is 22.8 Å². The van der Waals surface area contributed by atoms with Crippen LogP contribution in [0, 0.1) is 12.8 Å². The molecule has 0 saturated heterocycles. The minimum atomic E-state index is -0.0331. The van der Waals surface area contributed by atoms with E-state index in [-0.39, 0.29) is 17.7 Å². The van der Waals surface area contributed by atoms with Gasteiger partial charge in [-0.25, -0.2) is 4.68 Å². The fourth-order valence-electron chi connectivity index (χ4n) is 4.17. The highest BCUT2D eigenvalue weighted by Crippen LogP contribution is 2.51. The quantitative estimate of drug-likeness (QED) is 0.660. The summed E-state index contributed by atoms with van der Waals surface area (Å²) in [7, 11) is 1.68. The largest absolute Gasteiger partial charge is 0.496 e. The zero-order valence-electron chi connectivity index (χ0n) is 16.8. The predicted octanol–water partition coefficient (Wildman–Crippen LogP) is 4.81. The SMILES string of the molecule is COc1ccccc1[C@H]1C[C@@H]1C(=O)Nc1c(C)c(C2CC2)nn1-c1ccccc1. The molecule has 2 aromatic carbocycles. The van der Waals surface area contributed by atoms with Gasteiger partial charge in [0.15, 0.2) is 0 Å². The number of hydrogen-bond acceptors (Lipinski definition) is 3. The summed E-state index contributed by atoms with van der Waals surface area (Å²) in [5.74, 6) is 2.42. The van der Waals surface area contributed by atoms with E-state index in [1.807, 2.05) is 53.2 Å². The number of amides is 1. The number of carbonyl (C=O) groups excluding carboxylic acids is 1. The summed E-state index contributed by atoms with van der Waals surface area (Å²) in [6.45, 7) is 2.07. The van der Waals surface area contributed by atoms with Gasteiger partial charge in [-0.05, 0) is 55.9 Å². The number of methoxy groups -OCH3 is 1. The van der Waals surface area contributed by atoms with Crippen molar-refractivity contribution in [2.45, 2.75) is 38.0 Å². The maximum absolute atomic E-state index is 13.1. The molecular weight excluding hydrogens is 362 g/mol. The topological polar surface area (TPSA) is 56.1 Å². The van der Waals surface area contributed by atoms with Gasteiger partial charge in [0.05, 0.1) is 18.5 Å². The van der Waals surface area contributed by atoms with E-state index in [2.05, 4.69) is 18.3 Å². The van der Waals surface area contributed by atoms with E-state index in [9.17, 15) is 4.79 Å². The Labute approximate surface area is 170 Å². The van der Waals surface area contributed by atoms with Crippen LogP contribution in [-0.2, 0) is 4.79 Å². The molecule has 2 saturated carbocycles. The summed E-state index contributed by atoms with van der Waals surface area (Å²) in [6.07, 6.45) is 3.21. The Morgan fingerprint density at radius 3 is 2.55 bits per heavy atom. The minimum Gasteiger partial charge on any atom is -0.496 e. The lowest BCUT2D eigenvalue weighted by atomic mass is 10.1. The standard InChI is InChI=1S/C24H25N3O2/c1-15-22(16-12-13-16)26-27(17-8-4-3-5-9-17)23(15)25-24(28)20-14-19(20)18-10-6-7-11-21(18)29-2/h3-11,16,19-20H,12-14H2,1-2H3,(H,25,28)/t19-,20+/m1/s1. The fraction of sp³-hybridized carbons (Fsp3) is 0.333. The molecule has 0 spiro atoms. The minimum absolute atomic E-state index is 0.0331. The van der Waals surface area contributed by atoms with E-state index >= 15 is 0 Å². The summed E-state index contributed by atoms with van der Waals surface area (Å²) in [5.41, 5.74) is 4.28. The van der Waals surface area contributed by atoms with Crippen LogP contribution < -0.4 is 10.1 Å². The molecule has 1 aromatic heterocycles. The van der Waals surface area contributed by atoms with Gasteiger partial charge < -0.3 is 10.1 Å². The van der Waals surface area contributed by atoms with Crippen molar-refractivity contribution in [3.05, 3.63) is 71.4 Å². The molecule has 2 atom stereocenters. The Balaban J connectivity index is 1.41. The van der Waals surface area contributed by atoms with Gasteiger partial charge in [0.25, 0.3) is 0 Å². The molecule has 2 aliphatic rings. The van der Waals surface area contributed by atoms with Crippen LogP contribution in [0.25, 0.3) is 5.69 Å². The van der Waals surface area contributed by atoms with E-state index in [4.69, 9.17) is 9.84 Å². The lowest BCUT2D eigenvalue weighted by Gasteiger charge is -2.11. The molecule has 0 radical (unpaired) electrons. The second-order valence-corrected chi connectivity index (χ2v) is 8.06. The van der Waals surface area contributed by atoms with Crippen molar-refractivity contribution in [1.29, 1.82) is 0 Å². The smallest absolute Gasteiger partial charge is 0.229 e. The van der Waals surface area contributed by atoms with Crippen molar-refractivity contribution in [1.82, 2.24) is 9.78 Å². The molecule has 1 amide bonds. The summed E-state index contributed by atoms with van der Waals surface area (Å²) in [5, 5.41) is 8.06. The summed E-state index contributed by atoms with van der Waals surface area (Å²) in [4.78, 5) is 13.1. The Kier molecular flexibility index (Phi) is 4.38. The molecule has 3 aromatic rings. The van der Waals surface area contributed by atoms with Crippen molar-refractivity contribution in [3.63, 3.8) is 0 Å². The zero-order chi connectivity index (χ0) is 20.0. The maximum Gasteiger partial charge on any atom is 0.229 e. The number of hydrogen-bond donors (Lipinski definition) is 1. The van der Waals surface area contributed by atoms with Crippen molar-refractivity contribution in [2.75, 3.05) is 12.4 Å². The molecule has 5 nitrogen and oxygen atoms in total. The molecule has 5 rings (SSSR count). The molecule has 5 heteroatoms. The first-order valence-electron chi connectivity index (χ1n) is 10.3. The molecule has 148 valence electrons. The number of aromatic nitrogens is 2. The van der Waals surface area contributed by atoms with Crippen LogP contribution in [0.1, 0.15) is 47.9 Å². The van der Waals surface area contributed by atoms with E-state index in [0.717, 1.165) is 40.5 Å². The summed E-state index contributed by atoms with van der Waals surface area (Å²) in [6, 6.07) is 18.0. The normalized spacial score (nSPS) is 20.3. The predicted molar refractivity (Wildman–Crippen MR) is 113 cm³/mol. The van der Waals surface area contributed by atoms with Crippen LogP contribution in [0.5, 0.6) is 5.75 Å². The van der Waals surface area contributed by atoms with Crippen LogP contribution in [0.4, 0.5) is 5.82 Å². The third-order valence-corrected chi connectivity index (χ3v) is 6.03. The first kappa shape index (κ1) is 18.0. The van der Waals surface area contributed by atoms with E-state index in [1.165, 1.54) is 12.8 Å². The lowest BCUT2D eigenvalue weighted by molar-refractivity contribution is -0.117. The van der Waals surface area contributed by atoms with Gasteiger partial charge in [-0.3, -0.25) is 4.79 Å². The third-order valence-electron chi connectivity index (χ3n) is 6.03. The van der Waals surface area contributed by atoms with Crippen LogP contribution in [0.3, 0.4) is 0 Å². The van der Waals surface area contributed by atoms with Crippen LogP contribution >= 0.6 is 0 Å². The average Bonchev–Trinajstić information content (AvgIpc) is 3.68. The van der Waals surface area contributed by atoms with Gasteiger partial charge in [0, 0.05) is 17.4 Å². The van der Waals surface area contributed by atoms with E-state index in [0.29, 0.717) is 5.92 Å². The number of nitrogens with zero attached hydrogens (tertiary/aromatic N) is 2. The number of rotatable bonds is 6. The Morgan fingerprint density at radius 2 is 1.83 bits per heavy atom. The highest BCUT2D eigenvalue weighted by molar-refractivity contribution is 5.95. The van der Waals surface area contributed by atoms with Crippen molar-refractivity contribution in [3.8, 4) is 11.4 Å². The molecular formula is C24H25N3O2. The van der Waals surface area contributed by atoms with E-state index < -0.39 is 0 Å². The monoisotopic (exact) mass is 387 g/mol. The highest BCUT2D eigenvalue weighted by Gasteiger charge is 2.45. The fourth-order valence-corrected chi connectivity index (χ4v) is 4.17. The molecule has 2 fully saturated rings. The van der Waals surface area contributed by atoms with Gasteiger partial charge in [0.1, 0.15) is 11.6 Å².